The van der Waals surface area contributed by atoms with Crippen LogP contribution in [0.2, 0.25) is 0 Å². The average Bonchev–Trinajstić information content (AvgIpc) is 3.60. The molecule has 9 nitrogen and oxygen atoms in total. The number of rotatable bonds is 7. The Hall–Kier alpha value is -2.65. The Bertz CT molecular complexity index is 1570. The van der Waals surface area contributed by atoms with Crippen molar-refractivity contribution in [1.82, 2.24) is 4.98 Å². The summed E-state index contributed by atoms with van der Waals surface area (Å²) >= 11 is 2.97. The van der Waals surface area contributed by atoms with Crippen LogP contribution >= 0.6 is 34.0 Å². The van der Waals surface area contributed by atoms with Crippen LogP contribution in [0.3, 0.4) is 0 Å². The van der Waals surface area contributed by atoms with Crippen molar-refractivity contribution in [3.63, 3.8) is 0 Å². The summed E-state index contributed by atoms with van der Waals surface area (Å²) in [5.74, 6) is -0.331. The van der Waals surface area contributed by atoms with Crippen LogP contribution < -0.4 is 9.03 Å². The summed E-state index contributed by atoms with van der Waals surface area (Å²) in [5.41, 5.74) is 0.427. The molecule has 1 saturated carbocycles. The molecular formula is C22H19N3O6S5. The SMILES string of the molecule is O=C1CCC(C(=O)Nc2nc3ccc(N(S(=O)(=O)c4cccs4)S(=O)(=O)c4cccs4)cc3s2)CC1. The van der Waals surface area contributed by atoms with Crippen LogP contribution in [0.15, 0.2) is 61.6 Å². The Morgan fingerprint density at radius 1 is 0.944 bits per heavy atom. The van der Waals surface area contributed by atoms with Gasteiger partial charge in [-0.05, 0) is 53.9 Å². The molecule has 1 amide bonds. The predicted molar refractivity (Wildman–Crippen MR) is 141 cm³/mol. The van der Waals surface area contributed by atoms with E-state index >= 15 is 0 Å². The first-order valence-corrected chi connectivity index (χ1v) is 16.2. The predicted octanol–water partition coefficient (Wildman–Crippen LogP) is 4.70. The third-order valence-corrected chi connectivity index (χ3v) is 13.5. The van der Waals surface area contributed by atoms with Crippen molar-refractivity contribution in [1.29, 1.82) is 0 Å². The quantitative estimate of drug-likeness (QED) is 0.335. The van der Waals surface area contributed by atoms with Gasteiger partial charge in [-0.2, -0.15) is 20.5 Å². The third kappa shape index (κ3) is 4.70. The van der Waals surface area contributed by atoms with E-state index in [0.717, 1.165) is 34.0 Å². The fourth-order valence-corrected chi connectivity index (χ4v) is 10.8. The summed E-state index contributed by atoms with van der Waals surface area (Å²) in [7, 11) is -8.87. The highest BCUT2D eigenvalue weighted by atomic mass is 32.3. The lowest BCUT2D eigenvalue weighted by atomic mass is 9.88. The molecular weight excluding hydrogens is 563 g/mol. The zero-order valence-electron chi connectivity index (χ0n) is 18.5. The molecule has 0 bridgehead atoms. The van der Waals surface area contributed by atoms with Crippen LogP contribution in [0.4, 0.5) is 10.8 Å². The number of nitrogens with zero attached hydrogens (tertiary/aromatic N) is 2. The smallest absolute Gasteiger partial charge is 0.287 e. The van der Waals surface area contributed by atoms with Gasteiger partial charge in [0, 0.05) is 18.8 Å². The number of hydrogen-bond acceptors (Lipinski definition) is 10. The molecule has 1 aliphatic carbocycles. The van der Waals surface area contributed by atoms with Gasteiger partial charge >= 0.3 is 0 Å². The number of carbonyl (C=O) groups is 2. The van der Waals surface area contributed by atoms with Gasteiger partial charge in [-0.15, -0.1) is 22.7 Å². The fraction of sp³-hybridized carbons (Fsp3) is 0.227. The van der Waals surface area contributed by atoms with E-state index in [1.807, 2.05) is 0 Å². The number of thiophene rings is 2. The number of hydrogen-bond donors (Lipinski definition) is 1. The van der Waals surface area contributed by atoms with Gasteiger partial charge in [0.05, 0.1) is 15.9 Å². The molecule has 0 radical (unpaired) electrons. The lowest BCUT2D eigenvalue weighted by molar-refractivity contribution is -0.125. The summed E-state index contributed by atoms with van der Waals surface area (Å²) in [5, 5.41) is 6.22. The second-order valence-electron chi connectivity index (χ2n) is 8.04. The molecule has 3 heterocycles. The van der Waals surface area contributed by atoms with Crippen LogP contribution in [0.5, 0.6) is 0 Å². The Kier molecular flexibility index (Phi) is 6.72. The van der Waals surface area contributed by atoms with Gasteiger partial charge in [-0.1, -0.05) is 23.5 Å². The van der Waals surface area contributed by atoms with Crippen molar-refractivity contribution in [2.24, 2.45) is 5.92 Å². The lowest BCUT2D eigenvalue weighted by Crippen LogP contribution is -2.36. The largest absolute Gasteiger partial charge is 0.302 e. The average molecular weight is 582 g/mol. The highest BCUT2D eigenvalue weighted by Crippen LogP contribution is 2.37. The summed E-state index contributed by atoms with van der Waals surface area (Å²) in [4.78, 5) is 28.5. The Balaban J connectivity index is 1.51. The van der Waals surface area contributed by atoms with Crippen molar-refractivity contribution >= 4 is 86.8 Å². The second-order valence-corrected chi connectivity index (χ2v) is 15.2. The monoisotopic (exact) mass is 581 g/mol. The number of aromatic nitrogens is 1. The van der Waals surface area contributed by atoms with Gasteiger partial charge in [-0.3, -0.25) is 9.59 Å². The topological polar surface area (TPSA) is 131 Å². The summed E-state index contributed by atoms with van der Waals surface area (Å²) < 4.78 is 54.7. The lowest BCUT2D eigenvalue weighted by Gasteiger charge is -2.22. The van der Waals surface area contributed by atoms with Gasteiger partial charge in [0.1, 0.15) is 14.2 Å². The highest BCUT2D eigenvalue weighted by Gasteiger charge is 2.38. The zero-order valence-corrected chi connectivity index (χ0v) is 22.6. The number of Topliss-reactive ketones (excluding diaryl/α,β-unsaturated/α-hetero) is 1. The Labute approximate surface area is 219 Å². The first kappa shape index (κ1) is 25.0. The minimum atomic E-state index is -4.44. The first-order valence-electron chi connectivity index (χ1n) is 10.8. The maximum atomic E-state index is 13.5. The second kappa shape index (κ2) is 9.67. The maximum Gasteiger partial charge on any atom is 0.287 e. The summed E-state index contributed by atoms with van der Waals surface area (Å²) in [6.45, 7) is 0. The number of carbonyl (C=O) groups excluding carboxylic acids is 2. The van der Waals surface area contributed by atoms with E-state index in [1.54, 1.807) is 10.8 Å². The summed E-state index contributed by atoms with van der Waals surface area (Å²) in [6.07, 6.45) is 1.76. The van der Waals surface area contributed by atoms with E-state index in [1.165, 1.54) is 42.5 Å². The molecule has 4 aromatic rings. The van der Waals surface area contributed by atoms with Gasteiger partial charge in [0.25, 0.3) is 20.0 Å². The summed E-state index contributed by atoms with van der Waals surface area (Å²) in [6, 6.07) is 10.1. The van der Waals surface area contributed by atoms with Gasteiger partial charge < -0.3 is 5.32 Å². The number of anilines is 2. The number of amides is 1. The van der Waals surface area contributed by atoms with Crippen molar-refractivity contribution in [3.05, 3.63) is 53.2 Å². The standard InChI is InChI=1S/C22H19N3O6S5/c26-16-8-5-14(6-9-16)21(27)24-22-23-17-10-7-15(13-18(17)34-22)25(35(28,29)19-3-1-11-32-19)36(30,31)20-4-2-12-33-20/h1-4,7,10-14H,5-6,8-9H2,(H,23,24,27). The normalized spacial score (nSPS) is 15.3. The number of thiazole rings is 1. The van der Waals surface area contributed by atoms with Gasteiger partial charge in [-0.25, -0.2) is 4.98 Å². The minimum Gasteiger partial charge on any atom is -0.302 e. The van der Waals surface area contributed by atoms with E-state index in [0.29, 0.717) is 44.7 Å². The van der Waals surface area contributed by atoms with Crippen molar-refractivity contribution in [3.8, 4) is 0 Å². The molecule has 5 rings (SSSR count). The zero-order chi connectivity index (χ0) is 25.5. The number of benzene rings is 1. The van der Waals surface area contributed by atoms with Crippen LogP contribution in [0.1, 0.15) is 25.7 Å². The van der Waals surface area contributed by atoms with Crippen molar-refractivity contribution < 1.29 is 26.4 Å². The first-order chi connectivity index (χ1) is 17.2. The van der Waals surface area contributed by atoms with E-state index in [2.05, 4.69) is 10.3 Å². The van der Waals surface area contributed by atoms with Crippen LogP contribution in [0, 0.1) is 5.92 Å². The number of nitrogens with one attached hydrogen (secondary N) is 1. The van der Waals surface area contributed by atoms with E-state index in [-0.39, 0.29) is 31.7 Å². The van der Waals surface area contributed by atoms with Crippen LogP contribution in [-0.2, 0) is 29.6 Å². The molecule has 14 heteroatoms. The number of sulfonamides is 2. The Morgan fingerprint density at radius 3 is 2.11 bits per heavy atom. The molecule has 1 aromatic carbocycles. The molecule has 0 unspecified atom stereocenters. The number of ketones is 1. The van der Waals surface area contributed by atoms with Crippen LogP contribution in [-0.4, -0.2) is 33.5 Å². The molecule has 1 N–H and O–H groups in total. The van der Waals surface area contributed by atoms with Crippen LogP contribution in [0.25, 0.3) is 10.2 Å². The van der Waals surface area contributed by atoms with E-state index in [9.17, 15) is 26.4 Å². The van der Waals surface area contributed by atoms with Crippen molar-refractivity contribution in [2.75, 3.05) is 9.03 Å². The number of fused-ring (bicyclic) bond motifs is 1. The molecule has 0 atom stereocenters. The molecule has 1 fully saturated rings. The molecule has 1 aliphatic rings. The Morgan fingerprint density at radius 2 is 1.56 bits per heavy atom. The molecule has 0 saturated heterocycles. The minimum absolute atomic E-state index is 0.0587. The van der Waals surface area contributed by atoms with Gasteiger partial charge in [0.15, 0.2) is 5.13 Å². The molecule has 0 aliphatic heterocycles. The van der Waals surface area contributed by atoms with Crippen molar-refractivity contribution in [2.45, 2.75) is 34.1 Å². The third-order valence-electron chi connectivity index (χ3n) is 5.66. The highest BCUT2D eigenvalue weighted by molar-refractivity contribution is 8.11. The molecule has 188 valence electrons. The van der Waals surface area contributed by atoms with E-state index < -0.39 is 20.0 Å². The van der Waals surface area contributed by atoms with E-state index in [4.69, 9.17) is 0 Å². The molecule has 36 heavy (non-hydrogen) atoms. The fourth-order valence-electron chi connectivity index (χ4n) is 3.88. The van der Waals surface area contributed by atoms with Gasteiger partial charge in [0.2, 0.25) is 5.91 Å². The maximum absolute atomic E-state index is 13.5. The molecule has 0 spiro atoms. The molecule has 3 aromatic heterocycles.